The topological polar surface area (TPSA) is 95.3 Å². The predicted molar refractivity (Wildman–Crippen MR) is 142 cm³/mol. The number of hydrogen-bond donors (Lipinski definition) is 1. The van der Waals surface area contributed by atoms with E-state index in [1.807, 2.05) is 23.6 Å². The van der Waals surface area contributed by atoms with E-state index in [2.05, 4.69) is 48.4 Å². The number of anilines is 1. The van der Waals surface area contributed by atoms with E-state index in [0.29, 0.717) is 28.1 Å². The first kappa shape index (κ1) is 26.2. The third kappa shape index (κ3) is 5.75. The van der Waals surface area contributed by atoms with Gasteiger partial charge in [0.05, 0.1) is 18.4 Å². The molecule has 3 aromatic rings. The summed E-state index contributed by atoms with van der Waals surface area (Å²) in [7, 11) is 1.36. The molecule has 2 heterocycles. The normalized spacial score (nSPS) is 12.9. The van der Waals surface area contributed by atoms with Crippen molar-refractivity contribution in [2.24, 2.45) is 0 Å². The van der Waals surface area contributed by atoms with Gasteiger partial charge >= 0.3 is 5.97 Å². The fraction of sp³-hybridized carbons (Fsp3) is 0.462. The van der Waals surface area contributed by atoms with E-state index >= 15 is 0 Å². The molecule has 2 aromatic heterocycles. The predicted octanol–water partition coefficient (Wildman–Crippen LogP) is 5.24. The number of carbonyl (C=O) groups is 2. The van der Waals surface area contributed by atoms with Crippen LogP contribution in [0, 0.1) is 0 Å². The summed E-state index contributed by atoms with van der Waals surface area (Å²) in [6.45, 7) is 9.48. The van der Waals surface area contributed by atoms with E-state index < -0.39 is 5.97 Å². The highest BCUT2D eigenvalue weighted by Crippen LogP contribution is 2.39. The average molecular weight is 529 g/mol. The molecule has 0 bridgehead atoms. The number of amides is 1. The molecule has 10 heteroatoms. The second kappa shape index (κ2) is 11.0. The Morgan fingerprint density at radius 3 is 2.58 bits per heavy atom. The highest BCUT2D eigenvalue weighted by Gasteiger charge is 2.28. The molecule has 1 amide bonds. The van der Waals surface area contributed by atoms with Crippen LogP contribution in [0.3, 0.4) is 0 Å². The molecule has 0 fully saturated rings. The maximum atomic E-state index is 12.7. The number of fused-ring (bicyclic) bond motifs is 1. The molecule has 192 valence electrons. The van der Waals surface area contributed by atoms with Crippen LogP contribution in [0.1, 0.15) is 66.3 Å². The molecule has 0 aliphatic heterocycles. The van der Waals surface area contributed by atoms with Gasteiger partial charge in [-0.1, -0.05) is 44.7 Å². The molecule has 36 heavy (non-hydrogen) atoms. The van der Waals surface area contributed by atoms with Crippen LogP contribution >= 0.6 is 23.1 Å². The molecular formula is C26H32N4O4S2. The smallest absolute Gasteiger partial charge is 0.341 e. The van der Waals surface area contributed by atoms with Crippen molar-refractivity contribution in [2.75, 3.05) is 18.2 Å². The summed E-state index contributed by atoms with van der Waals surface area (Å²) in [5.74, 6) is 1.01. The number of nitrogens with one attached hydrogen (secondary N) is 1. The SMILES string of the molecule is CCn1c(COc2ccc(C(C)(C)C)cc2)nnc1SCC(=O)Nc1sc2c(c1C(=O)OC)CCC2. The van der Waals surface area contributed by atoms with Crippen molar-refractivity contribution in [3.8, 4) is 5.75 Å². The number of carbonyl (C=O) groups excluding carboxylic acids is 2. The maximum absolute atomic E-state index is 12.7. The number of thiophene rings is 1. The number of ether oxygens (including phenoxy) is 2. The Morgan fingerprint density at radius 2 is 1.92 bits per heavy atom. The Hall–Kier alpha value is -2.85. The lowest BCUT2D eigenvalue weighted by Crippen LogP contribution is -2.17. The third-order valence-electron chi connectivity index (χ3n) is 6.09. The van der Waals surface area contributed by atoms with Crippen LogP contribution in [0.15, 0.2) is 29.4 Å². The summed E-state index contributed by atoms with van der Waals surface area (Å²) in [6, 6.07) is 8.09. The average Bonchev–Trinajstić information content (AvgIpc) is 3.54. The molecule has 1 N–H and O–H groups in total. The first-order chi connectivity index (χ1) is 17.2. The number of methoxy groups -OCH3 is 1. The molecule has 0 atom stereocenters. The molecule has 0 unspecified atom stereocenters. The second-order valence-electron chi connectivity index (χ2n) is 9.60. The van der Waals surface area contributed by atoms with Crippen LogP contribution in [0.4, 0.5) is 5.00 Å². The summed E-state index contributed by atoms with van der Waals surface area (Å²) >= 11 is 2.78. The lowest BCUT2D eigenvalue weighted by atomic mass is 9.87. The number of nitrogens with zero attached hydrogens (tertiary/aromatic N) is 3. The Morgan fingerprint density at radius 1 is 1.17 bits per heavy atom. The molecular weight excluding hydrogens is 496 g/mol. The van der Waals surface area contributed by atoms with E-state index in [1.165, 1.54) is 35.8 Å². The first-order valence-corrected chi connectivity index (χ1v) is 13.8. The minimum Gasteiger partial charge on any atom is -0.486 e. The molecule has 0 saturated heterocycles. The van der Waals surface area contributed by atoms with Crippen molar-refractivity contribution in [3.63, 3.8) is 0 Å². The van der Waals surface area contributed by atoms with Crippen LogP contribution in [0.25, 0.3) is 0 Å². The van der Waals surface area contributed by atoms with Gasteiger partial charge in [-0.05, 0) is 54.9 Å². The van der Waals surface area contributed by atoms with E-state index in [1.54, 1.807) is 0 Å². The van der Waals surface area contributed by atoms with E-state index in [-0.39, 0.29) is 23.7 Å². The van der Waals surface area contributed by atoms with Gasteiger partial charge in [-0.2, -0.15) is 0 Å². The minimum absolute atomic E-state index is 0.0871. The van der Waals surface area contributed by atoms with Gasteiger partial charge in [0.1, 0.15) is 17.4 Å². The van der Waals surface area contributed by atoms with Gasteiger partial charge in [-0.15, -0.1) is 21.5 Å². The summed E-state index contributed by atoms with van der Waals surface area (Å²) in [5, 5.41) is 12.7. The van der Waals surface area contributed by atoms with Crippen molar-refractivity contribution in [2.45, 2.75) is 70.7 Å². The lowest BCUT2D eigenvalue weighted by molar-refractivity contribution is -0.113. The molecule has 1 aromatic carbocycles. The fourth-order valence-electron chi connectivity index (χ4n) is 4.15. The Balaban J connectivity index is 1.36. The number of benzene rings is 1. The Labute approximate surface area is 219 Å². The quantitative estimate of drug-likeness (QED) is 0.300. The summed E-state index contributed by atoms with van der Waals surface area (Å²) < 4.78 is 12.8. The highest BCUT2D eigenvalue weighted by molar-refractivity contribution is 7.99. The van der Waals surface area contributed by atoms with Crippen LogP contribution < -0.4 is 10.1 Å². The van der Waals surface area contributed by atoms with Crippen molar-refractivity contribution < 1.29 is 19.1 Å². The molecule has 4 rings (SSSR count). The van der Waals surface area contributed by atoms with Crippen LogP contribution in [-0.4, -0.2) is 39.5 Å². The number of rotatable bonds is 9. The zero-order valence-corrected chi connectivity index (χ0v) is 23.0. The minimum atomic E-state index is -0.402. The second-order valence-corrected chi connectivity index (χ2v) is 11.6. The Bertz CT molecular complexity index is 1240. The van der Waals surface area contributed by atoms with Gasteiger partial charge in [0.15, 0.2) is 11.0 Å². The fourth-order valence-corrected chi connectivity index (χ4v) is 6.27. The van der Waals surface area contributed by atoms with Gasteiger partial charge < -0.3 is 19.4 Å². The van der Waals surface area contributed by atoms with Gasteiger partial charge in [0.25, 0.3) is 0 Å². The number of thioether (sulfide) groups is 1. The number of esters is 1. The molecule has 1 aliphatic rings. The van der Waals surface area contributed by atoms with E-state index in [4.69, 9.17) is 9.47 Å². The van der Waals surface area contributed by atoms with Crippen LogP contribution in [0.2, 0.25) is 0 Å². The van der Waals surface area contributed by atoms with Gasteiger partial charge in [-0.25, -0.2) is 4.79 Å². The number of hydrogen-bond acceptors (Lipinski definition) is 8. The lowest BCUT2D eigenvalue weighted by Gasteiger charge is -2.19. The van der Waals surface area contributed by atoms with Gasteiger partial charge in [0.2, 0.25) is 5.91 Å². The third-order valence-corrected chi connectivity index (χ3v) is 8.27. The summed E-state index contributed by atoms with van der Waals surface area (Å²) in [4.78, 5) is 26.2. The summed E-state index contributed by atoms with van der Waals surface area (Å²) in [6.07, 6.45) is 2.79. The van der Waals surface area contributed by atoms with Crippen molar-refractivity contribution >= 4 is 40.0 Å². The van der Waals surface area contributed by atoms with Crippen molar-refractivity contribution in [3.05, 3.63) is 51.7 Å². The zero-order chi connectivity index (χ0) is 25.9. The monoisotopic (exact) mass is 528 g/mol. The highest BCUT2D eigenvalue weighted by atomic mass is 32.2. The Kier molecular flexibility index (Phi) is 8.04. The summed E-state index contributed by atoms with van der Waals surface area (Å²) in [5.41, 5.74) is 2.84. The van der Waals surface area contributed by atoms with Crippen LogP contribution in [0.5, 0.6) is 5.75 Å². The van der Waals surface area contributed by atoms with Crippen molar-refractivity contribution in [1.29, 1.82) is 0 Å². The standard InChI is InChI=1S/C26H32N4O4S2/c1-6-30-20(14-34-17-12-10-16(11-13-17)26(2,3)4)28-29-25(30)35-15-21(31)27-23-22(24(32)33-5)18-8-7-9-19(18)36-23/h10-13H,6-9,14-15H2,1-5H3,(H,27,31). The number of aryl methyl sites for hydroxylation is 1. The molecule has 1 aliphatic carbocycles. The molecule has 0 saturated carbocycles. The van der Waals surface area contributed by atoms with Gasteiger partial charge in [-0.3, -0.25) is 4.79 Å². The zero-order valence-electron chi connectivity index (χ0n) is 21.3. The maximum Gasteiger partial charge on any atom is 0.341 e. The molecule has 0 spiro atoms. The number of aromatic nitrogens is 3. The van der Waals surface area contributed by atoms with Crippen LogP contribution in [-0.2, 0) is 40.9 Å². The largest absolute Gasteiger partial charge is 0.486 e. The van der Waals surface area contributed by atoms with Gasteiger partial charge in [0, 0.05) is 11.4 Å². The van der Waals surface area contributed by atoms with E-state index in [9.17, 15) is 9.59 Å². The first-order valence-electron chi connectivity index (χ1n) is 12.0. The van der Waals surface area contributed by atoms with E-state index in [0.717, 1.165) is 35.5 Å². The molecule has 0 radical (unpaired) electrons. The molecule has 8 nitrogen and oxygen atoms in total. The van der Waals surface area contributed by atoms with Crippen molar-refractivity contribution in [1.82, 2.24) is 14.8 Å².